The van der Waals surface area contributed by atoms with Gasteiger partial charge in [-0.2, -0.15) is 0 Å². The van der Waals surface area contributed by atoms with Gasteiger partial charge in [-0.3, -0.25) is 4.79 Å². The molecule has 1 N–H and O–H groups in total. The van der Waals surface area contributed by atoms with Crippen LogP contribution in [-0.4, -0.2) is 5.91 Å². The Bertz CT molecular complexity index is 429. The number of anilines is 1. The number of hydrogen-bond donors (Lipinski definition) is 1. The molecule has 0 aliphatic rings. The van der Waals surface area contributed by atoms with Crippen LogP contribution in [0.5, 0.6) is 0 Å². The third kappa shape index (κ3) is 3.65. The van der Waals surface area contributed by atoms with Crippen LogP contribution in [0.3, 0.4) is 0 Å². The standard InChI is InChI=1S/C12H13BrClNO/c1-3-4-8(2)12(16)15-11-7-9(13)5-6-10(11)14/h4-7H,3H2,1-2H3,(H,15,16). The fourth-order valence-electron chi connectivity index (χ4n) is 1.21. The zero-order valence-electron chi connectivity index (χ0n) is 9.18. The van der Waals surface area contributed by atoms with Crippen molar-refractivity contribution in [2.24, 2.45) is 0 Å². The van der Waals surface area contributed by atoms with Crippen LogP contribution >= 0.6 is 27.5 Å². The predicted molar refractivity (Wildman–Crippen MR) is 71.8 cm³/mol. The molecule has 0 aromatic heterocycles. The molecule has 0 unspecified atom stereocenters. The van der Waals surface area contributed by atoms with Gasteiger partial charge in [0.05, 0.1) is 10.7 Å². The summed E-state index contributed by atoms with van der Waals surface area (Å²) < 4.78 is 0.879. The number of carbonyl (C=O) groups is 1. The van der Waals surface area contributed by atoms with Crippen LogP contribution in [0.2, 0.25) is 5.02 Å². The number of nitrogens with one attached hydrogen (secondary N) is 1. The Kier molecular flexibility index (Phi) is 5.03. The molecule has 0 saturated heterocycles. The highest BCUT2D eigenvalue weighted by Crippen LogP contribution is 2.25. The second-order valence-electron chi connectivity index (χ2n) is 3.37. The summed E-state index contributed by atoms with van der Waals surface area (Å²) >= 11 is 9.30. The van der Waals surface area contributed by atoms with Gasteiger partial charge in [0.25, 0.3) is 5.91 Å². The SMILES string of the molecule is CCC=C(C)C(=O)Nc1cc(Br)ccc1Cl. The maximum Gasteiger partial charge on any atom is 0.251 e. The van der Waals surface area contributed by atoms with Gasteiger partial charge >= 0.3 is 0 Å². The minimum atomic E-state index is -0.123. The average Bonchev–Trinajstić information content (AvgIpc) is 2.23. The van der Waals surface area contributed by atoms with Crippen LogP contribution in [0.4, 0.5) is 5.69 Å². The minimum Gasteiger partial charge on any atom is -0.321 e. The summed E-state index contributed by atoms with van der Waals surface area (Å²) in [5.41, 5.74) is 1.31. The van der Waals surface area contributed by atoms with Crippen LogP contribution in [0.15, 0.2) is 34.3 Å². The first kappa shape index (κ1) is 13.3. The predicted octanol–water partition coefficient (Wildman–Crippen LogP) is 4.40. The van der Waals surface area contributed by atoms with Gasteiger partial charge in [-0.05, 0) is 31.5 Å². The Labute approximate surface area is 109 Å². The molecule has 4 heteroatoms. The van der Waals surface area contributed by atoms with Crippen molar-refractivity contribution in [2.75, 3.05) is 5.32 Å². The van der Waals surface area contributed by atoms with Crippen LogP contribution in [0.25, 0.3) is 0 Å². The molecule has 1 aromatic rings. The van der Waals surface area contributed by atoms with Gasteiger partial charge < -0.3 is 5.32 Å². The lowest BCUT2D eigenvalue weighted by molar-refractivity contribution is -0.112. The van der Waals surface area contributed by atoms with Gasteiger partial charge in [0, 0.05) is 10.0 Å². The Morgan fingerprint density at radius 1 is 1.56 bits per heavy atom. The van der Waals surface area contributed by atoms with E-state index in [0.717, 1.165) is 10.9 Å². The third-order valence-electron chi connectivity index (χ3n) is 2.05. The van der Waals surface area contributed by atoms with E-state index in [2.05, 4.69) is 21.2 Å². The topological polar surface area (TPSA) is 29.1 Å². The Balaban J connectivity index is 2.84. The second-order valence-corrected chi connectivity index (χ2v) is 4.70. The zero-order chi connectivity index (χ0) is 12.1. The van der Waals surface area contributed by atoms with Gasteiger partial charge in [0.2, 0.25) is 0 Å². The van der Waals surface area contributed by atoms with E-state index in [1.54, 1.807) is 19.1 Å². The van der Waals surface area contributed by atoms with Gasteiger partial charge in [-0.1, -0.05) is 40.5 Å². The van der Waals surface area contributed by atoms with Gasteiger partial charge in [-0.15, -0.1) is 0 Å². The molecule has 2 nitrogen and oxygen atoms in total. The van der Waals surface area contributed by atoms with Crippen molar-refractivity contribution < 1.29 is 4.79 Å². The summed E-state index contributed by atoms with van der Waals surface area (Å²) in [6.45, 7) is 3.77. The third-order valence-corrected chi connectivity index (χ3v) is 2.87. The molecule has 0 saturated carbocycles. The highest BCUT2D eigenvalue weighted by molar-refractivity contribution is 9.10. The maximum absolute atomic E-state index is 11.7. The normalized spacial score (nSPS) is 11.4. The molecule has 0 spiro atoms. The number of benzene rings is 1. The van der Waals surface area contributed by atoms with Crippen molar-refractivity contribution in [3.05, 3.63) is 39.3 Å². The van der Waals surface area contributed by atoms with Crippen LogP contribution in [0, 0.1) is 0 Å². The lowest BCUT2D eigenvalue weighted by Gasteiger charge is -2.07. The zero-order valence-corrected chi connectivity index (χ0v) is 11.5. The van der Waals surface area contributed by atoms with Gasteiger partial charge in [0.15, 0.2) is 0 Å². The summed E-state index contributed by atoms with van der Waals surface area (Å²) in [5.74, 6) is -0.123. The number of halogens is 2. The number of allylic oxidation sites excluding steroid dienone is 1. The number of amides is 1. The summed E-state index contributed by atoms with van der Waals surface area (Å²) in [6.07, 6.45) is 2.71. The molecule has 1 rings (SSSR count). The first-order valence-corrected chi connectivity index (χ1v) is 6.15. The molecule has 0 radical (unpaired) electrons. The summed E-state index contributed by atoms with van der Waals surface area (Å²) in [5, 5.41) is 3.29. The lowest BCUT2D eigenvalue weighted by Crippen LogP contribution is -2.12. The van der Waals surface area contributed by atoms with Gasteiger partial charge in [-0.25, -0.2) is 0 Å². The average molecular weight is 303 g/mol. The molecule has 0 fully saturated rings. The molecular formula is C12H13BrClNO. The van der Waals surface area contributed by atoms with E-state index < -0.39 is 0 Å². The molecule has 16 heavy (non-hydrogen) atoms. The monoisotopic (exact) mass is 301 g/mol. The molecular weight excluding hydrogens is 289 g/mol. The van der Waals surface area contributed by atoms with Crippen molar-refractivity contribution in [3.8, 4) is 0 Å². The quantitative estimate of drug-likeness (QED) is 0.824. The van der Waals surface area contributed by atoms with Gasteiger partial charge in [0.1, 0.15) is 0 Å². The summed E-state index contributed by atoms with van der Waals surface area (Å²) in [6, 6.07) is 5.34. The van der Waals surface area contributed by atoms with Crippen LogP contribution < -0.4 is 5.32 Å². The number of hydrogen-bond acceptors (Lipinski definition) is 1. The van der Waals surface area contributed by atoms with Crippen LogP contribution in [0.1, 0.15) is 20.3 Å². The molecule has 86 valence electrons. The Morgan fingerprint density at radius 3 is 2.88 bits per heavy atom. The van der Waals surface area contributed by atoms with E-state index in [9.17, 15) is 4.79 Å². The second kappa shape index (κ2) is 6.06. The van der Waals surface area contributed by atoms with Crippen molar-refractivity contribution in [3.63, 3.8) is 0 Å². The summed E-state index contributed by atoms with van der Waals surface area (Å²) in [7, 11) is 0. The van der Waals surface area contributed by atoms with Crippen molar-refractivity contribution in [1.29, 1.82) is 0 Å². The largest absolute Gasteiger partial charge is 0.321 e. The fraction of sp³-hybridized carbons (Fsp3) is 0.250. The van der Waals surface area contributed by atoms with E-state index >= 15 is 0 Å². The first-order chi connectivity index (χ1) is 7.54. The molecule has 0 aliphatic carbocycles. The fourth-order valence-corrected chi connectivity index (χ4v) is 1.74. The van der Waals surface area contributed by atoms with Crippen molar-refractivity contribution in [1.82, 2.24) is 0 Å². The van der Waals surface area contributed by atoms with E-state index in [1.807, 2.05) is 19.1 Å². The van der Waals surface area contributed by atoms with Crippen molar-refractivity contribution >= 4 is 39.1 Å². The van der Waals surface area contributed by atoms with Crippen molar-refractivity contribution in [2.45, 2.75) is 20.3 Å². The minimum absolute atomic E-state index is 0.123. The Morgan fingerprint density at radius 2 is 2.25 bits per heavy atom. The maximum atomic E-state index is 11.7. The molecule has 0 bridgehead atoms. The highest BCUT2D eigenvalue weighted by Gasteiger charge is 2.07. The summed E-state index contributed by atoms with van der Waals surface area (Å²) in [4.78, 5) is 11.7. The molecule has 1 aromatic carbocycles. The van der Waals surface area contributed by atoms with E-state index in [1.165, 1.54) is 0 Å². The number of rotatable bonds is 3. The highest BCUT2D eigenvalue weighted by atomic mass is 79.9. The lowest BCUT2D eigenvalue weighted by atomic mass is 10.2. The molecule has 1 amide bonds. The smallest absolute Gasteiger partial charge is 0.251 e. The molecule has 0 heterocycles. The van der Waals surface area contributed by atoms with E-state index in [-0.39, 0.29) is 5.91 Å². The Hall–Kier alpha value is -0.800. The van der Waals surface area contributed by atoms with Crippen LogP contribution in [-0.2, 0) is 4.79 Å². The first-order valence-electron chi connectivity index (χ1n) is 4.97. The number of carbonyl (C=O) groups excluding carboxylic acids is 1. The van der Waals surface area contributed by atoms with E-state index in [0.29, 0.717) is 16.3 Å². The molecule has 0 atom stereocenters. The van der Waals surface area contributed by atoms with E-state index in [4.69, 9.17) is 11.6 Å². The molecule has 0 aliphatic heterocycles.